The summed E-state index contributed by atoms with van der Waals surface area (Å²) in [5.41, 5.74) is 6.26. The summed E-state index contributed by atoms with van der Waals surface area (Å²) >= 11 is 0. The predicted octanol–water partition coefficient (Wildman–Crippen LogP) is 2.84. The Morgan fingerprint density at radius 1 is 1.04 bits per heavy atom. The lowest BCUT2D eigenvalue weighted by Gasteiger charge is -2.27. The molecule has 7 heteroatoms. The van der Waals surface area contributed by atoms with Crippen LogP contribution in [-0.2, 0) is 16.1 Å². The molecular formula is C21H23F2N3O2. The monoisotopic (exact) mass is 387 g/mol. The van der Waals surface area contributed by atoms with Crippen LogP contribution < -0.4 is 10.6 Å². The van der Waals surface area contributed by atoms with E-state index >= 15 is 0 Å². The Kier molecular flexibility index (Phi) is 6.36. The van der Waals surface area contributed by atoms with Gasteiger partial charge in [-0.15, -0.1) is 0 Å². The molecule has 2 amide bonds. The number of nitrogens with two attached hydrogens (primary N) is 1. The molecule has 2 aromatic carbocycles. The molecule has 0 heterocycles. The average molecular weight is 387 g/mol. The van der Waals surface area contributed by atoms with E-state index in [4.69, 9.17) is 5.73 Å². The molecule has 0 spiro atoms. The van der Waals surface area contributed by atoms with Crippen LogP contribution in [0.4, 0.5) is 14.5 Å². The Morgan fingerprint density at radius 3 is 2.32 bits per heavy atom. The standard InChI is InChI=1S/C21H23F2N3O2/c22-16-5-7-18(8-6-16)26(12-11-20(24)27)21(28)14-25(17-9-10-17)13-15-3-1-2-4-19(15)23/h1-8,17H,9-14H2,(H2,24,27). The number of benzene rings is 2. The highest BCUT2D eigenvalue weighted by molar-refractivity contribution is 5.95. The molecule has 0 radical (unpaired) electrons. The van der Waals surface area contributed by atoms with Crippen molar-refractivity contribution in [3.63, 3.8) is 0 Å². The number of carbonyl (C=O) groups is 2. The van der Waals surface area contributed by atoms with Crippen LogP contribution in [0.3, 0.4) is 0 Å². The van der Waals surface area contributed by atoms with E-state index in [1.807, 2.05) is 4.90 Å². The van der Waals surface area contributed by atoms with E-state index in [1.165, 1.54) is 35.2 Å². The van der Waals surface area contributed by atoms with Crippen LogP contribution in [0.5, 0.6) is 0 Å². The summed E-state index contributed by atoms with van der Waals surface area (Å²) in [5.74, 6) is -1.48. The lowest BCUT2D eigenvalue weighted by molar-refractivity contribution is -0.120. The summed E-state index contributed by atoms with van der Waals surface area (Å²) < 4.78 is 27.3. The highest BCUT2D eigenvalue weighted by Crippen LogP contribution is 2.29. The lowest BCUT2D eigenvalue weighted by atomic mass is 10.2. The summed E-state index contributed by atoms with van der Waals surface area (Å²) in [6.07, 6.45) is 1.92. The Hall–Kier alpha value is -2.80. The van der Waals surface area contributed by atoms with Gasteiger partial charge in [-0.1, -0.05) is 18.2 Å². The van der Waals surface area contributed by atoms with Gasteiger partial charge in [-0.3, -0.25) is 14.5 Å². The van der Waals surface area contributed by atoms with E-state index < -0.39 is 11.7 Å². The zero-order chi connectivity index (χ0) is 20.1. The molecular weight excluding hydrogens is 364 g/mol. The third-order valence-electron chi connectivity index (χ3n) is 4.75. The van der Waals surface area contributed by atoms with Gasteiger partial charge in [0.05, 0.1) is 6.54 Å². The first kappa shape index (κ1) is 19.9. The molecule has 1 aliphatic rings. The Labute approximate surface area is 162 Å². The molecule has 0 atom stereocenters. The summed E-state index contributed by atoms with van der Waals surface area (Å²) in [6, 6.07) is 12.2. The Morgan fingerprint density at radius 2 is 1.71 bits per heavy atom. The van der Waals surface area contributed by atoms with E-state index in [1.54, 1.807) is 18.2 Å². The molecule has 1 fully saturated rings. The molecule has 0 unspecified atom stereocenters. The first-order valence-electron chi connectivity index (χ1n) is 9.25. The van der Waals surface area contributed by atoms with Gasteiger partial charge in [0.25, 0.3) is 0 Å². The normalized spacial score (nSPS) is 13.5. The fourth-order valence-electron chi connectivity index (χ4n) is 3.10. The van der Waals surface area contributed by atoms with E-state index in [9.17, 15) is 18.4 Å². The van der Waals surface area contributed by atoms with Crippen molar-refractivity contribution >= 4 is 17.5 Å². The van der Waals surface area contributed by atoms with E-state index in [2.05, 4.69) is 0 Å². The fraction of sp³-hybridized carbons (Fsp3) is 0.333. The number of amides is 2. The number of nitrogens with zero attached hydrogens (tertiary/aromatic N) is 2. The third-order valence-corrected chi connectivity index (χ3v) is 4.75. The SMILES string of the molecule is NC(=O)CCN(C(=O)CN(Cc1ccccc1F)C1CC1)c1ccc(F)cc1. The van der Waals surface area contributed by atoms with Crippen LogP contribution in [0.15, 0.2) is 48.5 Å². The van der Waals surface area contributed by atoms with Gasteiger partial charge in [0.1, 0.15) is 11.6 Å². The number of primary amides is 1. The first-order chi connectivity index (χ1) is 13.4. The highest BCUT2D eigenvalue weighted by atomic mass is 19.1. The maximum atomic E-state index is 14.0. The van der Waals surface area contributed by atoms with Crippen molar-refractivity contribution < 1.29 is 18.4 Å². The molecule has 28 heavy (non-hydrogen) atoms. The lowest BCUT2D eigenvalue weighted by Crippen LogP contribution is -2.42. The van der Waals surface area contributed by atoms with Crippen LogP contribution in [0.1, 0.15) is 24.8 Å². The molecule has 2 aromatic rings. The van der Waals surface area contributed by atoms with Crippen molar-refractivity contribution in [1.82, 2.24) is 4.90 Å². The number of anilines is 1. The van der Waals surface area contributed by atoms with Crippen molar-refractivity contribution in [2.75, 3.05) is 18.0 Å². The number of hydrogen-bond acceptors (Lipinski definition) is 3. The van der Waals surface area contributed by atoms with E-state index in [-0.39, 0.29) is 37.3 Å². The Balaban J connectivity index is 1.75. The molecule has 0 bridgehead atoms. The van der Waals surface area contributed by atoms with Crippen molar-refractivity contribution in [2.24, 2.45) is 5.73 Å². The predicted molar refractivity (Wildman–Crippen MR) is 102 cm³/mol. The van der Waals surface area contributed by atoms with Crippen LogP contribution >= 0.6 is 0 Å². The minimum atomic E-state index is -0.523. The highest BCUT2D eigenvalue weighted by Gasteiger charge is 2.32. The van der Waals surface area contributed by atoms with Gasteiger partial charge in [0, 0.05) is 36.8 Å². The van der Waals surface area contributed by atoms with Crippen LogP contribution in [0, 0.1) is 11.6 Å². The molecule has 0 aromatic heterocycles. The molecule has 1 saturated carbocycles. The van der Waals surface area contributed by atoms with Gasteiger partial charge in [0.2, 0.25) is 11.8 Å². The van der Waals surface area contributed by atoms with Gasteiger partial charge in [-0.05, 0) is 43.2 Å². The van der Waals surface area contributed by atoms with Gasteiger partial charge < -0.3 is 10.6 Å². The molecule has 0 aliphatic heterocycles. The fourth-order valence-corrected chi connectivity index (χ4v) is 3.10. The van der Waals surface area contributed by atoms with Crippen LogP contribution in [-0.4, -0.2) is 35.8 Å². The Bertz CT molecular complexity index is 838. The minimum absolute atomic E-state index is 0.000140. The maximum absolute atomic E-state index is 14.0. The maximum Gasteiger partial charge on any atom is 0.241 e. The second-order valence-corrected chi connectivity index (χ2v) is 6.97. The number of carbonyl (C=O) groups excluding carboxylic acids is 2. The largest absolute Gasteiger partial charge is 0.370 e. The quantitative estimate of drug-likeness (QED) is 0.720. The summed E-state index contributed by atoms with van der Waals surface area (Å²) in [4.78, 5) is 27.6. The molecule has 1 aliphatic carbocycles. The van der Waals surface area contributed by atoms with Crippen molar-refractivity contribution in [3.05, 3.63) is 65.7 Å². The zero-order valence-electron chi connectivity index (χ0n) is 15.5. The molecule has 3 rings (SSSR count). The molecule has 148 valence electrons. The van der Waals surface area contributed by atoms with Crippen molar-refractivity contribution in [3.8, 4) is 0 Å². The first-order valence-corrected chi connectivity index (χ1v) is 9.25. The van der Waals surface area contributed by atoms with E-state index in [0.29, 0.717) is 17.8 Å². The van der Waals surface area contributed by atoms with Crippen LogP contribution in [0.2, 0.25) is 0 Å². The number of halogens is 2. The van der Waals surface area contributed by atoms with Crippen LogP contribution in [0.25, 0.3) is 0 Å². The topological polar surface area (TPSA) is 66.6 Å². The molecule has 2 N–H and O–H groups in total. The van der Waals surface area contributed by atoms with Crippen molar-refractivity contribution in [2.45, 2.75) is 31.8 Å². The number of rotatable bonds is 9. The molecule has 5 nitrogen and oxygen atoms in total. The minimum Gasteiger partial charge on any atom is -0.370 e. The van der Waals surface area contributed by atoms with Gasteiger partial charge >= 0.3 is 0 Å². The third kappa shape index (κ3) is 5.36. The summed E-state index contributed by atoms with van der Waals surface area (Å²) in [5, 5.41) is 0. The van der Waals surface area contributed by atoms with E-state index in [0.717, 1.165) is 12.8 Å². The average Bonchev–Trinajstić information content (AvgIpc) is 3.49. The smallest absolute Gasteiger partial charge is 0.241 e. The van der Waals surface area contributed by atoms with Gasteiger partial charge in [-0.2, -0.15) is 0 Å². The summed E-state index contributed by atoms with van der Waals surface area (Å²) in [7, 11) is 0. The summed E-state index contributed by atoms with van der Waals surface area (Å²) in [6.45, 7) is 0.517. The number of hydrogen-bond donors (Lipinski definition) is 1. The van der Waals surface area contributed by atoms with Crippen molar-refractivity contribution in [1.29, 1.82) is 0 Å². The second kappa shape index (κ2) is 8.93. The van der Waals surface area contributed by atoms with Gasteiger partial charge in [0.15, 0.2) is 0 Å². The second-order valence-electron chi connectivity index (χ2n) is 6.97. The molecule has 0 saturated heterocycles. The zero-order valence-corrected chi connectivity index (χ0v) is 15.5. The van der Waals surface area contributed by atoms with Gasteiger partial charge in [-0.25, -0.2) is 8.78 Å².